The summed E-state index contributed by atoms with van der Waals surface area (Å²) in [5.74, 6) is -0.672. The fourth-order valence-electron chi connectivity index (χ4n) is 2.34. The maximum Gasteiger partial charge on any atom is 0.324 e. The van der Waals surface area contributed by atoms with E-state index in [4.69, 9.17) is 4.74 Å². The van der Waals surface area contributed by atoms with Crippen LogP contribution in [0.3, 0.4) is 0 Å². The van der Waals surface area contributed by atoms with Gasteiger partial charge >= 0.3 is 12.0 Å². The van der Waals surface area contributed by atoms with Crippen LogP contribution in [0.4, 0.5) is 4.79 Å². The summed E-state index contributed by atoms with van der Waals surface area (Å²) in [7, 11) is 0. The summed E-state index contributed by atoms with van der Waals surface area (Å²) in [6, 6.07) is 8.19. The van der Waals surface area contributed by atoms with Crippen LogP contribution in [-0.2, 0) is 9.53 Å². The summed E-state index contributed by atoms with van der Waals surface area (Å²) < 4.78 is 4.90. The van der Waals surface area contributed by atoms with Gasteiger partial charge in [-0.3, -0.25) is 19.8 Å². The number of rotatable bonds is 4. The second-order valence-corrected chi connectivity index (χ2v) is 5.19. The number of imide groups is 1. The quantitative estimate of drug-likeness (QED) is 0.827. The zero-order chi connectivity index (χ0) is 16.7. The van der Waals surface area contributed by atoms with Gasteiger partial charge in [-0.15, -0.1) is 0 Å². The summed E-state index contributed by atoms with van der Waals surface area (Å²) in [6.07, 6.45) is 0. The van der Waals surface area contributed by atoms with E-state index in [0.29, 0.717) is 38.3 Å². The van der Waals surface area contributed by atoms with E-state index in [1.54, 1.807) is 42.2 Å². The molecule has 1 heterocycles. The Morgan fingerprint density at radius 2 is 1.74 bits per heavy atom. The molecular weight excluding hydrogens is 298 g/mol. The lowest BCUT2D eigenvalue weighted by atomic mass is 10.2. The Morgan fingerprint density at radius 1 is 1.09 bits per heavy atom. The van der Waals surface area contributed by atoms with Gasteiger partial charge in [-0.2, -0.15) is 0 Å². The molecule has 0 atom stereocenters. The molecule has 0 radical (unpaired) electrons. The molecule has 1 saturated heterocycles. The molecule has 1 aliphatic heterocycles. The van der Waals surface area contributed by atoms with Gasteiger partial charge in [-0.25, -0.2) is 4.79 Å². The Kier molecular flexibility index (Phi) is 6.10. The number of hydrogen-bond donors (Lipinski definition) is 1. The van der Waals surface area contributed by atoms with Gasteiger partial charge in [-0.1, -0.05) is 18.2 Å². The fourth-order valence-corrected chi connectivity index (χ4v) is 2.34. The minimum Gasteiger partial charge on any atom is -0.465 e. The van der Waals surface area contributed by atoms with Crippen LogP contribution in [0.15, 0.2) is 30.3 Å². The van der Waals surface area contributed by atoms with Gasteiger partial charge in [0, 0.05) is 31.7 Å². The number of esters is 1. The fraction of sp³-hybridized carbons (Fsp3) is 0.438. The van der Waals surface area contributed by atoms with Crippen LogP contribution < -0.4 is 5.32 Å². The topological polar surface area (TPSA) is 79.0 Å². The van der Waals surface area contributed by atoms with Crippen molar-refractivity contribution >= 4 is 17.9 Å². The number of piperazine rings is 1. The highest BCUT2D eigenvalue weighted by Crippen LogP contribution is 2.04. The minimum absolute atomic E-state index is 0.228. The Balaban J connectivity index is 1.77. The first kappa shape index (κ1) is 17.0. The van der Waals surface area contributed by atoms with Crippen LogP contribution in [0.25, 0.3) is 0 Å². The number of urea groups is 1. The molecule has 1 N–H and O–H groups in total. The molecule has 0 saturated carbocycles. The monoisotopic (exact) mass is 319 g/mol. The smallest absolute Gasteiger partial charge is 0.324 e. The zero-order valence-electron chi connectivity index (χ0n) is 13.2. The molecule has 2 rings (SSSR count). The van der Waals surface area contributed by atoms with E-state index in [0.717, 1.165) is 0 Å². The molecule has 1 aromatic carbocycles. The van der Waals surface area contributed by atoms with Crippen LogP contribution in [0.1, 0.15) is 17.3 Å². The SMILES string of the molecule is CCOC(=O)CN1CCN(C(=O)NC(=O)c2ccccc2)CC1. The minimum atomic E-state index is -0.412. The van der Waals surface area contributed by atoms with Crippen molar-refractivity contribution in [1.29, 1.82) is 0 Å². The number of benzene rings is 1. The largest absolute Gasteiger partial charge is 0.465 e. The number of carbonyl (C=O) groups excluding carboxylic acids is 3. The lowest BCUT2D eigenvalue weighted by Gasteiger charge is -2.33. The number of hydrogen-bond acceptors (Lipinski definition) is 5. The van der Waals surface area contributed by atoms with Crippen molar-refractivity contribution in [2.24, 2.45) is 0 Å². The van der Waals surface area contributed by atoms with Gasteiger partial charge in [0.2, 0.25) is 0 Å². The maximum absolute atomic E-state index is 12.1. The van der Waals surface area contributed by atoms with E-state index < -0.39 is 11.9 Å². The van der Waals surface area contributed by atoms with Crippen molar-refractivity contribution in [3.63, 3.8) is 0 Å². The third kappa shape index (κ3) is 5.07. The highest BCUT2D eigenvalue weighted by molar-refractivity contribution is 6.04. The Hall–Kier alpha value is -2.41. The first-order valence-corrected chi connectivity index (χ1v) is 7.63. The molecule has 3 amide bonds. The summed E-state index contributed by atoms with van der Waals surface area (Å²) >= 11 is 0. The van der Waals surface area contributed by atoms with Crippen LogP contribution in [-0.4, -0.2) is 67.0 Å². The average Bonchev–Trinajstić information content (AvgIpc) is 2.56. The average molecular weight is 319 g/mol. The Bertz CT molecular complexity index is 554. The molecular formula is C16H21N3O4. The van der Waals surface area contributed by atoms with Crippen LogP contribution in [0.5, 0.6) is 0 Å². The molecule has 0 unspecified atom stereocenters. The van der Waals surface area contributed by atoms with Crippen molar-refractivity contribution in [3.05, 3.63) is 35.9 Å². The van der Waals surface area contributed by atoms with Crippen molar-refractivity contribution < 1.29 is 19.1 Å². The lowest BCUT2D eigenvalue weighted by Crippen LogP contribution is -2.53. The van der Waals surface area contributed by atoms with Gasteiger partial charge in [-0.05, 0) is 19.1 Å². The molecule has 7 nitrogen and oxygen atoms in total. The highest BCUT2D eigenvalue weighted by Gasteiger charge is 2.24. The number of nitrogens with one attached hydrogen (secondary N) is 1. The maximum atomic E-state index is 12.1. The first-order chi connectivity index (χ1) is 11.1. The van der Waals surface area contributed by atoms with Gasteiger partial charge in [0.25, 0.3) is 5.91 Å². The summed E-state index contributed by atoms with van der Waals surface area (Å²) in [5.41, 5.74) is 0.446. The van der Waals surface area contributed by atoms with E-state index in [2.05, 4.69) is 5.32 Å². The molecule has 0 bridgehead atoms. The Labute approximate surface area is 135 Å². The number of nitrogens with zero attached hydrogens (tertiary/aromatic N) is 2. The van der Waals surface area contributed by atoms with Gasteiger partial charge in [0.05, 0.1) is 13.2 Å². The molecule has 124 valence electrons. The summed E-state index contributed by atoms with van der Waals surface area (Å²) in [6.45, 7) is 4.44. The third-order valence-corrected chi connectivity index (χ3v) is 3.57. The summed E-state index contributed by atoms with van der Waals surface area (Å²) in [4.78, 5) is 39.0. The molecule has 0 aromatic heterocycles. The molecule has 7 heteroatoms. The third-order valence-electron chi connectivity index (χ3n) is 3.57. The molecule has 1 fully saturated rings. The van der Waals surface area contributed by atoms with Crippen molar-refractivity contribution in [1.82, 2.24) is 15.1 Å². The van der Waals surface area contributed by atoms with Crippen LogP contribution in [0, 0.1) is 0 Å². The summed E-state index contributed by atoms with van der Waals surface area (Å²) in [5, 5.41) is 2.38. The van der Waals surface area contributed by atoms with E-state index in [1.807, 2.05) is 4.90 Å². The molecule has 0 spiro atoms. The van der Waals surface area contributed by atoms with E-state index in [1.165, 1.54) is 0 Å². The van der Waals surface area contributed by atoms with Crippen LogP contribution >= 0.6 is 0 Å². The molecule has 0 aliphatic carbocycles. The van der Waals surface area contributed by atoms with Crippen molar-refractivity contribution in [2.45, 2.75) is 6.92 Å². The second-order valence-electron chi connectivity index (χ2n) is 5.19. The molecule has 1 aliphatic rings. The van der Waals surface area contributed by atoms with Gasteiger partial charge in [0.1, 0.15) is 0 Å². The van der Waals surface area contributed by atoms with Gasteiger partial charge < -0.3 is 9.64 Å². The second kappa shape index (κ2) is 8.28. The lowest BCUT2D eigenvalue weighted by molar-refractivity contribution is -0.144. The normalized spacial score (nSPS) is 15.1. The first-order valence-electron chi connectivity index (χ1n) is 7.63. The highest BCUT2D eigenvalue weighted by atomic mass is 16.5. The van der Waals surface area contributed by atoms with Crippen molar-refractivity contribution in [3.8, 4) is 0 Å². The van der Waals surface area contributed by atoms with Crippen molar-refractivity contribution in [2.75, 3.05) is 39.3 Å². The number of amides is 3. The zero-order valence-corrected chi connectivity index (χ0v) is 13.2. The molecule has 23 heavy (non-hydrogen) atoms. The predicted octanol–water partition coefficient (Wildman–Crippen LogP) is 0.717. The number of ether oxygens (including phenoxy) is 1. The van der Waals surface area contributed by atoms with Crippen LogP contribution in [0.2, 0.25) is 0 Å². The van der Waals surface area contributed by atoms with E-state index in [-0.39, 0.29) is 12.5 Å². The molecule has 1 aromatic rings. The number of carbonyl (C=O) groups is 3. The van der Waals surface area contributed by atoms with E-state index >= 15 is 0 Å². The standard InChI is InChI=1S/C16H21N3O4/c1-2-23-14(20)12-18-8-10-19(11-9-18)16(22)17-15(21)13-6-4-3-5-7-13/h3-7H,2,8-12H2,1H3,(H,17,21,22). The van der Waals surface area contributed by atoms with E-state index in [9.17, 15) is 14.4 Å². The predicted molar refractivity (Wildman–Crippen MR) is 84.0 cm³/mol. The Morgan fingerprint density at radius 3 is 2.35 bits per heavy atom. The van der Waals surface area contributed by atoms with Gasteiger partial charge in [0.15, 0.2) is 0 Å².